The highest BCUT2D eigenvalue weighted by Crippen LogP contribution is 2.21. The van der Waals surface area contributed by atoms with Gasteiger partial charge in [0.2, 0.25) is 0 Å². The van der Waals surface area contributed by atoms with Crippen LogP contribution in [-0.4, -0.2) is 5.91 Å². The summed E-state index contributed by atoms with van der Waals surface area (Å²) in [6.45, 7) is 0. The Bertz CT molecular complexity index is 748. The number of hydrogen-bond acceptors (Lipinski definition) is 2. The maximum atomic E-state index is 12.0. The summed E-state index contributed by atoms with van der Waals surface area (Å²) in [6, 6.07) is 21.3. The first-order valence-electron chi connectivity index (χ1n) is 6.44. The molecule has 1 heterocycles. The molecule has 0 bridgehead atoms. The van der Waals surface area contributed by atoms with E-state index in [1.165, 1.54) is 0 Å². The summed E-state index contributed by atoms with van der Waals surface area (Å²) in [5, 5.41) is 2.81. The van der Waals surface area contributed by atoms with Gasteiger partial charge >= 0.3 is 0 Å². The predicted molar refractivity (Wildman–Crippen MR) is 91.3 cm³/mol. The van der Waals surface area contributed by atoms with Gasteiger partial charge < -0.3 is 9.73 Å². The zero-order chi connectivity index (χ0) is 14.7. The molecule has 1 aromatic heterocycles. The van der Waals surface area contributed by atoms with Gasteiger partial charge in [0, 0.05) is 5.69 Å². The van der Waals surface area contributed by atoms with Crippen LogP contribution in [0.25, 0.3) is 11.1 Å². The molecule has 3 rings (SSSR count). The Morgan fingerprint density at radius 2 is 1.52 bits per heavy atom. The molecule has 104 valence electrons. The average Bonchev–Trinajstić information content (AvgIpc) is 2.96. The van der Waals surface area contributed by atoms with Crippen molar-refractivity contribution in [1.29, 1.82) is 0 Å². The first-order valence-corrected chi connectivity index (χ1v) is 7.52. The van der Waals surface area contributed by atoms with E-state index in [4.69, 9.17) is 4.42 Å². The monoisotopic (exact) mass is 389 g/mol. The van der Waals surface area contributed by atoms with Gasteiger partial charge in [-0.15, -0.1) is 0 Å². The smallest absolute Gasteiger partial charge is 0.291 e. The molecule has 3 nitrogen and oxygen atoms in total. The number of anilines is 1. The largest absolute Gasteiger partial charge is 0.445 e. The highest BCUT2D eigenvalue weighted by Gasteiger charge is 2.10. The molecule has 0 spiro atoms. The highest BCUT2D eigenvalue weighted by molar-refractivity contribution is 14.1. The van der Waals surface area contributed by atoms with Gasteiger partial charge in [0.25, 0.3) is 5.91 Å². The third-order valence-corrected chi connectivity index (χ3v) is 3.63. The van der Waals surface area contributed by atoms with Gasteiger partial charge in [-0.2, -0.15) is 0 Å². The Morgan fingerprint density at radius 1 is 0.857 bits per heavy atom. The summed E-state index contributed by atoms with van der Waals surface area (Å²) < 4.78 is 5.98. The molecule has 0 saturated carbocycles. The molecular weight excluding hydrogens is 377 g/mol. The first kappa shape index (κ1) is 13.9. The third kappa shape index (κ3) is 3.33. The van der Waals surface area contributed by atoms with Crippen LogP contribution >= 0.6 is 22.6 Å². The fourth-order valence-corrected chi connectivity index (χ4v) is 2.42. The Kier molecular flexibility index (Phi) is 4.06. The molecule has 0 aliphatic heterocycles. The van der Waals surface area contributed by atoms with E-state index in [-0.39, 0.29) is 5.91 Å². The SMILES string of the molecule is O=C(Nc1ccc(-c2ccccc2)cc1)c1ccc(I)o1. The highest BCUT2D eigenvalue weighted by atomic mass is 127. The van der Waals surface area contributed by atoms with Crippen molar-refractivity contribution in [1.82, 2.24) is 0 Å². The number of carbonyl (C=O) groups excluding carboxylic acids is 1. The lowest BCUT2D eigenvalue weighted by Crippen LogP contribution is -2.10. The van der Waals surface area contributed by atoms with Gasteiger partial charge in [0.1, 0.15) is 0 Å². The Hall–Kier alpha value is -2.08. The maximum absolute atomic E-state index is 12.0. The van der Waals surface area contributed by atoms with Crippen molar-refractivity contribution in [3.05, 3.63) is 76.3 Å². The van der Waals surface area contributed by atoms with E-state index in [0.717, 1.165) is 16.8 Å². The Labute approximate surface area is 136 Å². The van der Waals surface area contributed by atoms with E-state index in [0.29, 0.717) is 9.53 Å². The van der Waals surface area contributed by atoms with Crippen LogP contribution in [0.3, 0.4) is 0 Å². The van der Waals surface area contributed by atoms with Gasteiger partial charge in [-0.05, 0) is 58.0 Å². The number of carbonyl (C=O) groups is 1. The third-order valence-electron chi connectivity index (χ3n) is 3.05. The minimum atomic E-state index is -0.245. The number of hydrogen-bond donors (Lipinski definition) is 1. The fourth-order valence-electron chi connectivity index (χ4n) is 2.01. The standard InChI is InChI=1S/C17H12INO2/c18-16-11-10-15(21-16)17(20)19-14-8-6-13(7-9-14)12-4-2-1-3-5-12/h1-11H,(H,19,20). The van der Waals surface area contributed by atoms with Gasteiger partial charge in [-0.3, -0.25) is 4.79 Å². The Balaban J connectivity index is 1.74. The van der Waals surface area contributed by atoms with Crippen LogP contribution in [0.2, 0.25) is 0 Å². The lowest BCUT2D eigenvalue weighted by molar-refractivity contribution is 0.0995. The van der Waals surface area contributed by atoms with E-state index in [1.54, 1.807) is 12.1 Å². The average molecular weight is 389 g/mol. The van der Waals surface area contributed by atoms with Crippen molar-refractivity contribution in [3.63, 3.8) is 0 Å². The molecule has 21 heavy (non-hydrogen) atoms. The minimum Gasteiger partial charge on any atom is -0.445 e. The van der Waals surface area contributed by atoms with Crippen molar-refractivity contribution in [2.24, 2.45) is 0 Å². The first-order chi connectivity index (χ1) is 10.2. The molecule has 0 fully saturated rings. The summed E-state index contributed by atoms with van der Waals surface area (Å²) in [7, 11) is 0. The fraction of sp³-hybridized carbons (Fsp3) is 0. The van der Waals surface area contributed by atoms with Gasteiger partial charge in [-0.25, -0.2) is 0 Å². The zero-order valence-electron chi connectivity index (χ0n) is 11.0. The van der Waals surface area contributed by atoms with E-state index in [9.17, 15) is 4.79 Å². The maximum Gasteiger partial charge on any atom is 0.291 e. The van der Waals surface area contributed by atoms with Crippen LogP contribution in [-0.2, 0) is 0 Å². The molecule has 0 atom stereocenters. The van der Waals surface area contributed by atoms with Gasteiger partial charge in [0.15, 0.2) is 9.53 Å². The molecule has 0 aliphatic rings. The molecule has 4 heteroatoms. The normalized spacial score (nSPS) is 10.3. The molecule has 1 amide bonds. The van der Waals surface area contributed by atoms with Crippen LogP contribution in [0.5, 0.6) is 0 Å². The van der Waals surface area contributed by atoms with Crippen LogP contribution in [0, 0.1) is 3.77 Å². The second kappa shape index (κ2) is 6.13. The zero-order valence-corrected chi connectivity index (χ0v) is 13.2. The van der Waals surface area contributed by atoms with E-state index in [1.807, 2.05) is 65.1 Å². The number of nitrogens with one attached hydrogen (secondary N) is 1. The molecule has 3 aromatic rings. The topological polar surface area (TPSA) is 42.2 Å². The summed E-state index contributed by atoms with van der Waals surface area (Å²) >= 11 is 2.03. The molecular formula is C17H12INO2. The lowest BCUT2D eigenvalue weighted by Gasteiger charge is -2.05. The van der Waals surface area contributed by atoms with Crippen molar-refractivity contribution in [2.75, 3.05) is 5.32 Å². The summed E-state index contributed by atoms with van der Waals surface area (Å²) in [6.07, 6.45) is 0. The number of benzene rings is 2. The van der Waals surface area contributed by atoms with E-state index >= 15 is 0 Å². The summed E-state index contributed by atoms with van der Waals surface area (Å²) in [5.41, 5.74) is 3.00. The van der Waals surface area contributed by atoms with Gasteiger partial charge in [-0.1, -0.05) is 42.5 Å². The molecule has 1 N–H and O–H groups in total. The summed E-state index contributed by atoms with van der Waals surface area (Å²) in [4.78, 5) is 12.0. The minimum absolute atomic E-state index is 0.245. The quantitative estimate of drug-likeness (QED) is 0.654. The van der Waals surface area contributed by atoms with Crippen molar-refractivity contribution in [3.8, 4) is 11.1 Å². The lowest BCUT2D eigenvalue weighted by atomic mass is 10.1. The number of rotatable bonds is 3. The molecule has 0 aliphatic carbocycles. The van der Waals surface area contributed by atoms with Crippen LogP contribution in [0.15, 0.2) is 71.1 Å². The predicted octanol–water partition coefficient (Wildman–Crippen LogP) is 4.80. The van der Waals surface area contributed by atoms with Crippen LogP contribution < -0.4 is 5.32 Å². The number of amides is 1. The van der Waals surface area contributed by atoms with Crippen molar-refractivity contribution in [2.45, 2.75) is 0 Å². The number of halogens is 1. The second-order valence-corrected chi connectivity index (χ2v) is 5.56. The molecule has 0 unspecified atom stereocenters. The molecule has 0 radical (unpaired) electrons. The second-order valence-electron chi connectivity index (χ2n) is 4.50. The molecule has 2 aromatic carbocycles. The Morgan fingerprint density at radius 3 is 2.14 bits per heavy atom. The van der Waals surface area contributed by atoms with Crippen molar-refractivity contribution < 1.29 is 9.21 Å². The molecule has 0 saturated heterocycles. The van der Waals surface area contributed by atoms with E-state index in [2.05, 4.69) is 17.4 Å². The van der Waals surface area contributed by atoms with E-state index < -0.39 is 0 Å². The summed E-state index contributed by atoms with van der Waals surface area (Å²) in [5.74, 6) is 0.0666. The van der Waals surface area contributed by atoms with Crippen molar-refractivity contribution >= 4 is 34.2 Å². The van der Waals surface area contributed by atoms with Gasteiger partial charge in [0.05, 0.1) is 0 Å². The number of furan rings is 1. The van der Waals surface area contributed by atoms with Crippen LogP contribution in [0.4, 0.5) is 5.69 Å². The van der Waals surface area contributed by atoms with Crippen LogP contribution in [0.1, 0.15) is 10.6 Å².